The van der Waals surface area contributed by atoms with Gasteiger partial charge in [0, 0.05) is 13.1 Å². The summed E-state index contributed by atoms with van der Waals surface area (Å²) in [6.07, 6.45) is 0.667. The second kappa shape index (κ2) is 11.2. The number of hydrogen-bond acceptors (Lipinski definition) is 6. The summed E-state index contributed by atoms with van der Waals surface area (Å²) in [5.41, 5.74) is 0.455. The predicted molar refractivity (Wildman–Crippen MR) is 130 cm³/mol. The van der Waals surface area contributed by atoms with Gasteiger partial charge in [-0.2, -0.15) is 4.31 Å². The number of piperidine rings is 1. The zero-order valence-corrected chi connectivity index (χ0v) is 19.8. The van der Waals surface area contributed by atoms with Crippen molar-refractivity contribution >= 4 is 27.6 Å². The number of para-hydroxylation sites is 3. The lowest BCUT2D eigenvalue weighted by Crippen LogP contribution is -2.40. The molecule has 0 spiro atoms. The van der Waals surface area contributed by atoms with Gasteiger partial charge in [0.2, 0.25) is 10.0 Å². The first-order chi connectivity index (χ1) is 16.9. The molecule has 0 bridgehead atoms. The number of esters is 1. The lowest BCUT2D eigenvalue weighted by Gasteiger charge is -2.30. The first kappa shape index (κ1) is 24.4. The summed E-state index contributed by atoms with van der Waals surface area (Å²) in [6.45, 7) is -0.0121. The van der Waals surface area contributed by atoms with Gasteiger partial charge in [0.15, 0.2) is 12.4 Å². The van der Waals surface area contributed by atoms with Crippen LogP contribution in [0.5, 0.6) is 11.5 Å². The van der Waals surface area contributed by atoms with Crippen LogP contribution in [0.2, 0.25) is 0 Å². The molecule has 3 aromatic rings. The molecule has 182 valence electrons. The van der Waals surface area contributed by atoms with E-state index in [2.05, 4.69) is 5.32 Å². The summed E-state index contributed by atoms with van der Waals surface area (Å²) in [7, 11) is -3.59. The maximum Gasteiger partial charge on any atom is 0.309 e. The van der Waals surface area contributed by atoms with Crippen molar-refractivity contribution in [1.29, 1.82) is 0 Å². The summed E-state index contributed by atoms with van der Waals surface area (Å²) < 4.78 is 37.9. The van der Waals surface area contributed by atoms with Crippen molar-refractivity contribution < 1.29 is 27.5 Å². The van der Waals surface area contributed by atoms with Crippen molar-refractivity contribution in [2.75, 3.05) is 25.0 Å². The molecule has 0 aromatic heterocycles. The number of hydrogen-bond donors (Lipinski definition) is 1. The summed E-state index contributed by atoms with van der Waals surface area (Å²) in [5.74, 6) is -0.373. The van der Waals surface area contributed by atoms with E-state index in [0.717, 1.165) is 0 Å². The number of benzene rings is 3. The Morgan fingerprint density at radius 1 is 0.857 bits per heavy atom. The quantitative estimate of drug-likeness (QED) is 0.474. The van der Waals surface area contributed by atoms with Crippen LogP contribution in [0.3, 0.4) is 0 Å². The molecule has 1 heterocycles. The van der Waals surface area contributed by atoms with Crippen molar-refractivity contribution in [3.8, 4) is 11.5 Å². The fraction of sp³-hybridized carbons (Fsp3) is 0.231. The molecule has 1 N–H and O–H groups in total. The van der Waals surface area contributed by atoms with Crippen LogP contribution >= 0.6 is 0 Å². The number of nitrogens with one attached hydrogen (secondary N) is 1. The van der Waals surface area contributed by atoms with Crippen molar-refractivity contribution in [2.24, 2.45) is 5.92 Å². The zero-order chi connectivity index (χ0) is 24.7. The van der Waals surface area contributed by atoms with Gasteiger partial charge in [0.25, 0.3) is 5.91 Å². The lowest BCUT2D eigenvalue weighted by molar-refractivity contribution is -0.152. The van der Waals surface area contributed by atoms with E-state index in [1.807, 2.05) is 18.2 Å². The van der Waals surface area contributed by atoms with E-state index in [1.54, 1.807) is 66.7 Å². The third kappa shape index (κ3) is 6.26. The van der Waals surface area contributed by atoms with Crippen molar-refractivity contribution in [1.82, 2.24) is 4.31 Å². The van der Waals surface area contributed by atoms with Crippen molar-refractivity contribution in [3.63, 3.8) is 0 Å². The zero-order valence-electron chi connectivity index (χ0n) is 19.0. The number of carbonyl (C=O) groups excluding carboxylic acids is 2. The second-order valence-electron chi connectivity index (χ2n) is 8.06. The van der Waals surface area contributed by atoms with Crippen LogP contribution in [-0.2, 0) is 24.3 Å². The molecule has 0 saturated carbocycles. The van der Waals surface area contributed by atoms with E-state index in [-0.39, 0.29) is 18.0 Å². The van der Waals surface area contributed by atoms with Gasteiger partial charge in [-0.3, -0.25) is 9.59 Å². The second-order valence-corrected chi connectivity index (χ2v) is 10.00. The molecule has 3 aromatic carbocycles. The molecule has 0 unspecified atom stereocenters. The number of amides is 1. The third-order valence-corrected chi connectivity index (χ3v) is 7.56. The number of carbonyl (C=O) groups is 2. The van der Waals surface area contributed by atoms with Gasteiger partial charge in [0.1, 0.15) is 5.75 Å². The highest BCUT2D eigenvalue weighted by Crippen LogP contribution is 2.29. The largest absolute Gasteiger partial charge is 0.455 e. The Balaban J connectivity index is 1.27. The smallest absolute Gasteiger partial charge is 0.309 e. The van der Waals surface area contributed by atoms with Crippen LogP contribution < -0.4 is 10.1 Å². The Bertz CT molecular complexity index is 1260. The molecule has 4 rings (SSSR count). The fourth-order valence-corrected chi connectivity index (χ4v) is 5.28. The van der Waals surface area contributed by atoms with E-state index in [9.17, 15) is 18.0 Å². The van der Waals surface area contributed by atoms with Crippen molar-refractivity contribution in [2.45, 2.75) is 17.7 Å². The summed E-state index contributed by atoms with van der Waals surface area (Å²) in [5, 5.41) is 2.71. The van der Waals surface area contributed by atoms with Crippen LogP contribution in [0.4, 0.5) is 5.69 Å². The molecule has 9 heteroatoms. The third-order valence-electron chi connectivity index (χ3n) is 5.65. The first-order valence-corrected chi connectivity index (χ1v) is 12.7. The van der Waals surface area contributed by atoms with Crippen molar-refractivity contribution in [3.05, 3.63) is 84.9 Å². The summed E-state index contributed by atoms with van der Waals surface area (Å²) in [6, 6.07) is 24.4. The average molecular weight is 495 g/mol. The van der Waals surface area contributed by atoms with Crippen LogP contribution in [-0.4, -0.2) is 44.3 Å². The molecule has 1 fully saturated rings. The van der Waals surface area contributed by atoms with Gasteiger partial charge in [-0.05, 0) is 49.2 Å². The molecule has 0 atom stereocenters. The van der Waals surface area contributed by atoms with Gasteiger partial charge in [-0.25, -0.2) is 8.42 Å². The minimum Gasteiger partial charge on any atom is -0.455 e. The average Bonchev–Trinajstić information content (AvgIpc) is 2.89. The normalized spacial score (nSPS) is 14.7. The number of sulfonamides is 1. The highest BCUT2D eigenvalue weighted by atomic mass is 32.2. The minimum absolute atomic E-state index is 0.216. The molecule has 1 amide bonds. The van der Waals surface area contributed by atoms with Crippen LogP contribution in [0.1, 0.15) is 12.8 Å². The number of rotatable bonds is 8. The van der Waals surface area contributed by atoms with Gasteiger partial charge < -0.3 is 14.8 Å². The molecular weight excluding hydrogens is 468 g/mol. The SMILES string of the molecule is O=C(COC(=O)C1CCN(S(=O)(=O)c2ccccc2)CC1)Nc1ccccc1Oc1ccccc1. The van der Waals surface area contributed by atoms with Gasteiger partial charge in [-0.15, -0.1) is 0 Å². The maximum atomic E-state index is 12.7. The molecular formula is C26H26N2O6S. The van der Waals surface area contributed by atoms with Crippen LogP contribution in [0.25, 0.3) is 0 Å². The monoisotopic (exact) mass is 494 g/mol. The highest BCUT2D eigenvalue weighted by molar-refractivity contribution is 7.89. The van der Waals surface area contributed by atoms with Gasteiger partial charge >= 0.3 is 5.97 Å². The predicted octanol–water partition coefficient (Wildman–Crippen LogP) is 4.06. The Morgan fingerprint density at radius 2 is 1.46 bits per heavy atom. The maximum absolute atomic E-state index is 12.7. The molecule has 8 nitrogen and oxygen atoms in total. The number of anilines is 1. The van der Waals surface area contributed by atoms with E-state index < -0.39 is 34.4 Å². The molecule has 0 aliphatic carbocycles. The highest BCUT2D eigenvalue weighted by Gasteiger charge is 2.32. The Kier molecular flexibility index (Phi) is 7.79. The van der Waals surface area contributed by atoms with Crippen LogP contribution in [0.15, 0.2) is 89.8 Å². The fourth-order valence-electron chi connectivity index (χ4n) is 3.79. The first-order valence-electron chi connectivity index (χ1n) is 11.3. The van der Waals surface area contributed by atoms with E-state index in [1.165, 1.54) is 4.31 Å². The molecule has 1 aliphatic rings. The standard InChI is InChI=1S/C26H26N2O6S/c29-25(27-23-13-7-8-14-24(23)34-21-9-3-1-4-10-21)19-33-26(30)20-15-17-28(18-16-20)35(31,32)22-11-5-2-6-12-22/h1-14,20H,15-19H2,(H,27,29). The molecule has 0 radical (unpaired) electrons. The van der Waals surface area contributed by atoms with Crippen LogP contribution in [0, 0.1) is 5.92 Å². The summed E-state index contributed by atoms with van der Waals surface area (Å²) >= 11 is 0. The lowest BCUT2D eigenvalue weighted by atomic mass is 9.98. The van der Waals surface area contributed by atoms with E-state index >= 15 is 0 Å². The topological polar surface area (TPSA) is 102 Å². The van der Waals surface area contributed by atoms with E-state index in [4.69, 9.17) is 9.47 Å². The Labute approximate surface area is 204 Å². The summed E-state index contributed by atoms with van der Waals surface area (Å²) in [4.78, 5) is 25.1. The van der Waals surface area contributed by atoms with E-state index in [0.29, 0.717) is 30.0 Å². The minimum atomic E-state index is -3.59. The van der Waals surface area contributed by atoms with Gasteiger partial charge in [-0.1, -0.05) is 48.5 Å². The Morgan fingerprint density at radius 3 is 2.14 bits per heavy atom. The molecule has 35 heavy (non-hydrogen) atoms. The molecule has 1 aliphatic heterocycles. The van der Waals surface area contributed by atoms with Gasteiger partial charge in [0.05, 0.1) is 16.5 Å². The Hall–Kier alpha value is -3.69. The molecule has 1 saturated heterocycles. The number of nitrogens with zero attached hydrogens (tertiary/aromatic N) is 1. The number of ether oxygens (including phenoxy) is 2.